The van der Waals surface area contributed by atoms with Gasteiger partial charge in [0.25, 0.3) is 5.91 Å². The number of rotatable bonds is 9. The first-order chi connectivity index (χ1) is 10.0. The molecule has 0 aliphatic rings. The zero-order chi connectivity index (χ0) is 15.7. The van der Waals surface area contributed by atoms with E-state index >= 15 is 0 Å². The standard InChI is InChI=1S/C17H28N2O2/c1-5-8-18-9-10-19-17(20)12-21-15-6-7-16(13(2)3)14(4)11-15/h6-7,11,13,18H,5,8-10,12H2,1-4H3,(H,19,20). The molecule has 0 spiro atoms. The Bertz CT molecular complexity index is 444. The van der Waals surface area contributed by atoms with Gasteiger partial charge >= 0.3 is 0 Å². The Morgan fingerprint density at radius 1 is 1.24 bits per heavy atom. The Labute approximate surface area is 128 Å². The molecule has 0 aliphatic heterocycles. The average Bonchev–Trinajstić information content (AvgIpc) is 2.44. The summed E-state index contributed by atoms with van der Waals surface area (Å²) in [6.45, 7) is 11.0. The Hall–Kier alpha value is -1.55. The van der Waals surface area contributed by atoms with Crippen LogP contribution in [-0.2, 0) is 4.79 Å². The van der Waals surface area contributed by atoms with Crippen molar-refractivity contribution in [3.8, 4) is 5.75 Å². The van der Waals surface area contributed by atoms with E-state index in [0.29, 0.717) is 12.5 Å². The topological polar surface area (TPSA) is 50.4 Å². The Balaban J connectivity index is 2.31. The van der Waals surface area contributed by atoms with Crippen molar-refractivity contribution in [3.63, 3.8) is 0 Å². The van der Waals surface area contributed by atoms with Gasteiger partial charge in [0.05, 0.1) is 0 Å². The fourth-order valence-corrected chi connectivity index (χ4v) is 2.18. The van der Waals surface area contributed by atoms with Gasteiger partial charge in [-0.3, -0.25) is 4.79 Å². The molecule has 21 heavy (non-hydrogen) atoms. The first-order valence-electron chi connectivity index (χ1n) is 7.75. The number of benzene rings is 1. The van der Waals surface area contributed by atoms with Crippen LogP contribution in [0.5, 0.6) is 5.75 Å². The highest BCUT2D eigenvalue weighted by Crippen LogP contribution is 2.23. The van der Waals surface area contributed by atoms with Crippen molar-refractivity contribution in [2.75, 3.05) is 26.2 Å². The molecule has 1 aromatic carbocycles. The number of carbonyl (C=O) groups is 1. The summed E-state index contributed by atoms with van der Waals surface area (Å²) in [6, 6.07) is 5.99. The van der Waals surface area contributed by atoms with Crippen LogP contribution in [0.25, 0.3) is 0 Å². The van der Waals surface area contributed by atoms with E-state index in [9.17, 15) is 4.79 Å². The predicted octanol–water partition coefficient (Wildman–Crippen LogP) is 2.61. The summed E-state index contributed by atoms with van der Waals surface area (Å²) in [6.07, 6.45) is 1.10. The minimum Gasteiger partial charge on any atom is -0.484 e. The smallest absolute Gasteiger partial charge is 0.257 e. The second-order valence-corrected chi connectivity index (χ2v) is 5.56. The molecular weight excluding hydrogens is 264 g/mol. The summed E-state index contributed by atoms with van der Waals surface area (Å²) in [5, 5.41) is 6.06. The molecule has 0 fully saturated rings. The van der Waals surface area contributed by atoms with Crippen LogP contribution < -0.4 is 15.4 Å². The van der Waals surface area contributed by atoms with E-state index in [0.717, 1.165) is 25.3 Å². The predicted molar refractivity (Wildman–Crippen MR) is 86.9 cm³/mol. The van der Waals surface area contributed by atoms with E-state index in [1.807, 2.05) is 12.1 Å². The molecule has 0 saturated heterocycles. The maximum absolute atomic E-state index is 11.6. The van der Waals surface area contributed by atoms with Gasteiger partial charge in [0.2, 0.25) is 0 Å². The Morgan fingerprint density at radius 2 is 2.00 bits per heavy atom. The summed E-state index contributed by atoms with van der Waals surface area (Å²) in [5.74, 6) is 1.16. The molecule has 4 nitrogen and oxygen atoms in total. The van der Waals surface area contributed by atoms with Crippen molar-refractivity contribution in [1.82, 2.24) is 10.6 Å². The van der Waals surface area contributed by atoms with E-state index in [1.165, 1.54) is 11.1 Å². The lowest BCUT2D eigenvalue weighted by Crippen LogP contribution is -2.35. The van der Waals surface area contributed by atoms with Gasteiger partial charge in [0.15, 0.2) is 6.61 Å². The molecule has 1 rings (SSSR count). The monoisotopic (exact) mass is 292 g/mol. The molecule has 0 aliphatic carbocycles. The minimum absolute atomic E-state index is 0.0637. The van der Waals surface area contributed by atoms with Crippen LogP contribution in [0.1, 0.15) is 44.2 Å². The molecule has 0 saturated carbocycles. The highest BCUT2D eigenvalue weighted by molar-refractivity contribution is 5.77. The minimum atomic E-state index is -0.0844. The molecular formula is C17H28N2O2. The van der Waals surface area contributed by atoms with Crippen LogP contribution in [0.4, 0.5) is 0 Å². The maximum Gasteiger partial charge on any atom is 0.257 e. The molecule has 2 N–H and O–H groups in total. The van der Waals surface area contributed by atoms with Gasteiger partial charge in [-0.2, -0.15) is 0 Å². The third-order valence-electron chi connectivity index (χ3n) is 3.28. The average molecular weight is 292 g/mol. The summed E-state index contributed by atoms with van der Waals surface area (Å²) in [5.41, 5.74) is 2.51. The van der Waals surface area contributed by atoms with E-state index < -0.39 is 0 Å². The zero-order valence-corrected chi connectivity index (χ0v) is 13.7. The van der Waals surface area contributed by atoms with Crippen molar-refractivity contribution >= 4 is 5.91 Å². The number of nitrogens with one attached hydrogen (secondary N) is 2. The number of carbonyl (C=O) groups excluding carboxylic acids is 1. The maximum atomic E-state index is 11.6. The van der Waals surface area contributed by atoms with Crippen LogP contribution >= 0.6 is 0 Å². The first kappa shape index (κ1) is 17.5. The van der Waals surface area contributed by atoms with Crippen LogP contribution in [0.3, 0.4) is 0 Å². The lowest BCUT2D eigenvalue weighted by molar-refractivity contribution is -0.123. The van der Waals surface area contributed by atoms with Crippen LogP contribution in [-0.4, -0.2) is 32.1 Å². The number of ether oxygens (including phenoxy) is 1. The number of hydrogen-bond acceptors (Lipinski definition) is 3. The lowest BCUT2D eigenvalue weighted by atomic mass is 9.98. The van der Waals surface area contributed by atoms with E-state index in [-0.39, 0.29) is 12.5 Å². The van der Waals surface area contributed by atoms with Gasteiger partial charge in [-0.05, 0) is 49.1 Å². The van der Waals surface area contributed by atoms with Crippen molar-refractivity contribution in [1.29, 1.82) is 0 Å². The highest BCUT2D eigenvalue weighted by Gasteiger charge is 2.06. The Morgan fingerprint density at radius 3 is 2.62 bits per heavy atom. The number of amides is 1. The molecule has 0 radical (unpaired) electrons. The highest BCUT2D eigenvalue weighted by atomic mass is 16.5. The SMILES string of the molecule is CCCNCCNC(=O)COc1ccc(C(C)C)c(C)c1. The fourth-order valence-electron chi connectivity index (χ4n) is 2.18. The fraction of sp³-hybridized carbons (Fsp3) is 0.588. The van der Waals surface area contributed by atoms with Crippen molar-refractivity contribution < 1.29 is 9.53 Å². The van der Waals surface area contributed by atoms with Gasteiger partial charge in [0, 0.05) is 13.1 Å². The summed E-state index contributed by atoms with van der Waals surface area (Å²) < 4.78 is 5.53. The largest absolute Gasteiger partial charge is 0.484 e. The quantitative estimate of drug-likeness (QED) is 0.688. The molecule has 4 heteroatoms. The van der Waals surface area contributed by atoms with Gasteiger partial charge in [-0.1, -0.05) is 26.8 Å². The summed E-state index contributed by atoms with van der Waals surface area (Å²) in [4.78, 5) is 11.6. The summed E-state index contributed by atoms with van der Waals surface area (Å²) in [7, 11) is 0. The third-order valence-corrected chi connectivity index (χ3v) is 3.28. The summed E-state index contributed by atoms with van der Waals surface area (Å²) >= 11 is 0. The van der Waals surface area contributed by atoms with Crippen molar-refractivity contribution in [3.05, 3.63) is 29.3 Å². The second-order valence-electron chi connectivity index (χ2n) is 5.56. The molecule has 1 amide bonds. The molecule has 0 aromatic heterocycles. The van der Waals surface area contributed by atoms with Crippen LogP contribution in [0.15, 0.2) is 18.2 Å². The molecule has 0 atom stereocenters. The van der Waals surface area contributed by atoms with Crippen molar-refractivity contribution in [2.45, 2.75) is 40.0 Å². The van der Waals surface area contributed by atoms with Gasteiger partial charge in [-0.25, -0.2) is 0 Å². The van der Waals surface area contributed by atoms with E-state index in [2.05, 4.69) is 44.4 Å². The van der Waals surface area contributed by atoms with E-state index in [1.54, 1.807) is 0 Å². The second kappa shape index (κ2) is 9.40. The van der Waals surface area contributed by atoms with Gasteiger partial charge in [-0.15, -0.1) is 0 Å². The first-order valence-corrected chi connectivity index (χ1v) is 7.75. The lowest BCUT2D eigenvalue weighted by Gasteiger charge is -2.12. The van der Waals surface area contributed by atoms with Crippen LogP contribution in [0.2, 0.25) is 0 Å². The third kappa shape index (κ3) is 6.63. The number of hydrogen-bond donors (Lipinski definition) is 2. The van der Waals surface area contributed by atoms with Crippen molar-refractivity contribution in [2.24, 2.45) is 0 Å². The molecule has 118 valence electrons. The zero-order valence-electron chi connectivity index (χ0n) is 13.7. The molecule has 0 unspecified atom stereocenters. The number of aryl methyl sites for hydroxylation is 1. The van der Waals surface area contributed by atoms with Crippen LogP contribution in [0, 0.1) is 6.92 Å². The van der Waals surface area contributed by atoms with E-state index in [4.69, 9.17) is 4.74 Å². The molecule has 0 heterocycles. The normalized spacial score (nSPS) is 10.7. The Kier molecular flexibility index (Phi) is 7.83. The van der Waals surface area contributed by atoms with Gasteiger partial charge < -0.3 is 15.4 Å². The molecule has 1 aromatic rings. The molecule has 0 bridgehead atoms. The van der Waals surface area contributed by atoms with Gasteiger partial charge in [0.1, 0.15) is 5.75 Å².